The van der Waals surface area contributed by atoms with Gasteiger partial charge < -0.3 is 15.5 Å². The van der Waals surface area contributed by atoms with E-state index in [1.807, 2.05) is 6.07 Å². The number of carbonyl (C=O) groups is 1. The van der Waals surface area contributed by atoms with E-state index in [0.29, 0.717) is 18.5 Å². The average Bonchev–Trinajstić information content (AvgIpc) is 3.27. The van der Waals surface area contributed by atoms with Crippen LogP contribution in [0.4, 0.5) is 0 Å². The molecule has 0 radical (unpaired) electrons. The molecule has 1 saturated carbocycles. The van der Waals surface area contributed by atoms with Crippen LogP contribution in [0.5, 0.6) is 0 Å². The number of hydrogen-bond acceptors (Lipinski definition) is 3. The van der Waals surface area contributed by atoms with Gasteiger partial charge in [0.15, 0.2) is 5.96 Å². The number of guanidine groups is 1. The Kier molecular flexibility index (Phi) is 7.28. The number of carbonyl (C=O) groups excluding carboxylic acids is 1. The minimum atomic E-state index is 0.0177. The van der Waals surface area contributed by atoms with Gasteiger partial charge in [-0.05, 0) is 32.3 Å². The Labute approximate surface area is 150 Å². The van der Waals surface area contributed by atoms with Crippen molar-refractivity contribution in [2.45, 2.75) is 64.6 Å². The second-order valence-electron chi connectivity index (χ2n) is 6.99. The van der Waals surface area contributed by atoms with Crippen molar-refractivity contribution < 1.29 is 4.79 Å². The molecule has 0 aliphatic heterocycles. The van der Waals surface area contributed by atoms with E-state index < -0.39 is 0 Å². The summed E-state index contributed by atoms with van der Waals surface area (Å²) in [4.78, 5) is 18.0. The Morgan fingerprint density at radius 3 is 2.80 bits per heavy atom. The minimum Gasteiger partial charge on any atom is -0.354 e. The summed E-state index contributed by atoms with van der Waals surface area (Å²) in [5, 5.41) is 11.1. The van der Waals surface area contributed by atoms with Crippen molar-refractivity contribution in [1.82, 2.24) is 25.3 Å². The van der Waals surface area contributed by atoms with Crippen LogP contribution in [0.1, 0.15) is 57.7 Å². The first-order valence-corrected chi connectivity index (χ1v) is 9.28. The number of amides is 1. The molecule has 0 aromatic carbocycles. The molecule has 0 saturated heterocycles. The SMILES string of the molecule is CCC(C)NC(=NCc1ccn(C2CCCC2)n1)NCC(=O)N(C)C. The van der Waals surface area contributed by atoms with Crippen molar-refractivity contribution in [3.8, 4) is 0 Å². The number of aliphatic imine (C=N–C) groups is 1. The number of nitrogens with one attached hydrogen (secondary N) is 2. The fourth-order valence-corrected chi connectivity index (χ4v) is 2.80. The van der Waals surface area contributed by atoms with Gasteiger partial charge >= 0.3 is 0 Å². The molecule has 1 heterocycles. The number of hydrogen-bond donors (Lipinski definition) is 2. The number of aromatic nitrogens is 2. The van der Waals surface area contributed by atoms with Crippen LogP contribution < -0.4 is 10.6 Å². The molecular formula is C18H32N6O. The molecule has 1 aliphatic carbocycles. The summed E-state index contributed by atoms with van der Waals surface area (Å²) in [6, 6.07) is 2.87. The third-order valence-corrected chi connectivity index (χ3v) is 4.66. The van der Waals surface area contributed by atoms with Gasteiger partial charge in [0.2, 0.25) is 5.91 Å². The summed E-state index contributed by atoms with van der Waals surface area (Å²) in [6.45, 7) is 4.94. The van der Waals surface area contributed by atoms with Crippen molar-refractivity contribution in [3.63, 3.8) is 0 Å². The first kappa shape index (κ1) is 19.3. The fourth-order valence-electron chi connectivity index (χ4n) is 2.80. The lowest BCUT2D eigenvalue weighted by Gasteiger charge is -2.18. The van der Waals surface area contributed by atoms with Gasteiger partial charge in [0.25, 0.3) is 0 Å². The first-order chi connectivity index (χ1) is 12.0. The topological polar surface area (TPSA) is 74.5 Å². The normalized spacial score (nSPS) is 16.7. The lowest BCUT2D eigenvalue weighted by atomic mass is 10.3. The summed E-state index contributed by atoms with van der Waals surface area (Å²) in [5.41, 5.74) is 0.955. The molecule has 0 spiro atoms. The number of likely N-dealkylation sites (N-methyl/N-ethyl adjacent to an activating group) is 1. The number of nitrogens with zero attached hydrogens (tertiary/aromatic N) is 4. The molecule has 140 valence electrons. The Hall–Kier alpha value is -2.05. The highest BCUT2D eigenvalue weighted by Crippen LogP contribution is 2.28. The first-order valence-electron chi connectivity index (χ1n) is 9.28. The fraction of sp³-hybridized carbons (Fsp3) is 0.722. The van der Waals surface area contributed by atoms with Crippen LogP contribution in [0, 0.1) is 0 Å². The lowest BCUT2D eigenvalue weighted by molar-refractivity contribution is -0.127. The zero-order chi connectivity index (χ0) is 18.2. The van der Waals surface area contributed by atoms with Crippen molar-refractivity contribution >= 4 is 11.9 Å². The van der Waals surface area contributed by atoms with Gasteiger partial charge in [-0.1, -0.05) is 19.8 Å². The molecule has 1 aliphatic rings. The quantitative estimate of drug-likeness (QED) is 0.583. The summed E-state index contributed by atoms with van der Waals surface area (Å²) in [6.07, 6.45) is 8.08. The third-order valence-electron chi connectivity index (χ3n) is 4.66. The van der Waals surface area contributed by atoms with Gasteiger partial charge in [0.05, 0.1) is 24.8 Å². The van der Waals surface area contributed by atoms with E-state index in [1.165, 1.54) is 25.7 Å². The monoisotopic (exact) mass is 348 g/mol. The van der Waals surface area contributed by atoms with Gasteiger partial charge in [-0.3, -0.25) is 9.48 Å². The molecule has 2 N–H and O–H groups in total. The number of rotatable bonds is 7. The molecule has 0 bridgehead atoms. The van der Waals surface area contributed by atoms with E-state index in [0.717, 1.165) is 12.1 Å². The molecule has 2 rings (SSSR count). The second-order valence-corrected chi connectivity index (χ2v) is 6.99. The van der Waals surface area contributed by atoms with Gasteiger partial charge in [-0.25, -0.2) is 4.99 Å². The maximum Gasteiger partial charge on any atom is 0.241 e. The van der Waals surface area contributed by atoms with Gasteiger partial charge in [-0.2, -0.15) is 5.10 Å². The molecular weight excluding hydrogens is 316 g/mol. The zero-order valence-corrected chi connectivity index (χ0v) is 16.0. The van der Waals surface area contributed by atoms with Crippen LogP contribution in [-0.4, -0.2) is 53.2 Å². The van der Waals surface area contributed by atoms with Crippen molar-refractivity contribution in [1.29, 1.82) is 0 Å². The van der Waals surface area contributed by atoms with Gasteiger partial charge in [0, 0.05) is 26.3 Å². The minimum absolute atomic E-state index is 0.0177. The van der Waals surface area contributed by atoms with Crippen molar-refractivity contribution in [3.05, 3.63) is 18.0 Å². The van der Waals surface area contributed by atoms with Crippen LogP contribution in [0.2, 0.25) is 0 Å². The van der Waals surface area contributed by atoms with Crippen LogP contribution in [0.3, 0.4) is 0 Å². The standard InChI is InChI=1S/C18H32N6O/c1-5-14(2)21-18(20-13-17(25)23(3)4)19-12-15-10-11-24(22-15)16-8-6-7-9-16/h10-11,14,16H,5-9,12-13H2,1-4H3,(H2,19,20,21). The molecule has 7 nitrogen and oxygen atoms in total. The summed E-state index contributed by atoms with van der Waals surface area (Å²) in [7, 11) is 3.50. The van der Waals surface area contributed by atoms with Gasteiger partial charge in [0.1, 0.15) is 0 Å². The predicted octanol–water partition coefficient (Wildman–Crippen LogP) is 1.92. The molecule has 25 heavy (non-hydrogen) atoms. The average molecular weight is 348 g/mol. The maximum atomic E-state index is 11.8. The second kappa shape index (κ2) is 9.44. The van der Waals surface area contributed by atoms with Crippen LogP contribution >= 0.6 is 0 Å². The Balaban J connectivity index is 1.96. The van der Waals surface area contributed by atoms with Crippen LogP contribution in [0.25, 0.3) is 0 Å². The van der Waals surface area contributed by atoms with E-state index >= 15 is 0 Å². The highest BCUT2D eigenvalue weighted by Gasteiger charge is 2.17. The smallest absolute Gasteiger partial charge is 0.241 e. The predicted molar refractivity (Wildman–Crippen MR) is 100 cm³/mol. The van der Waals surface area contributed by atoms with E-state index in [2.05, 4.69) is 45.5 Å². The Morgan fingerprint density at radius 1 is 1.44 bits per heavy atom. The third kappa shape index (κ3) is 6.07. The summed E-state index contributed by atoms with van der Waals surface area (Å²) >= 11 is 0. The van der Waals surface area contributed by atoms with Crippen LogP contribution in [0.15, 0.2) is 17.3 Å². The van der Waals surface area contributed by atoms with E-state index in [1.54, 1.807) is 19.0 Å². The van der Waals surface area contributed by atoms with Gasteiger partial charge in [-0.15, -0.1) is 0 Å². The van der Waals surface area contributed by atoms with E-state index in [4.69, 9.17) is 0 Å². The van der Waals surface area contributed by atoms with Crippen LogP contribution in [-0.2, 0) is 11.3 Å². The van der Waals surface area contributed by atoms with Crippen molar-refractivity contribution in [2.24, 2.45) is 4.99 Å². The highest BCUT2D eigenvalue weighted by atomic mass is 16.2. The summed E-state index contributed by atoms with van der Waals surface area (Å²) < 4.78 is 2.09. The van der Waals surface area contributed by atoms with E-state index in [9.17, 15) is 4.79 Å². The lowest BCUT2D eigenvalue weighted by Crippen LogP contribution is -2.45. The largest absolute Gasteiger partial charge is 0.354 e. The molecule has 1 atom stereocenters. The molecule has 1 fully saturated rings. The molecule has 1 aromatic rings. The Morgan fingerprint density at radius 2 is 2.16 bits per heavy atom. The summed E-state index contributed by atoms with van der Waals surface area (Å²) in [5.74, 6) is 0.670. The zero-order valence-electron chi connectivity index (χ0n) is 16.0. The molecule has 1 amide bonds. The molecule has 1 unspecified atom stereocenters. The highest BCUT2D eigenvalue weighted by molar-refractivity contribution is 5.86. The maximum absolute atomic E-state index is 11.8. The molecule has 1 aromatic heterocycles. The van der Waals surface area contributed by atoms with E-state index in [-0.39, 0.29) is 18.5 Å². The Bertz CT molecular complexity index is 574. The van der Waals surface area contributed by atoms with Crippen molar-refractivity contribution in [2.75, 3.05) is 20.6 Å². The molecule has 7 heteroatoms.